The maximum Gasteiger partial charge on any atom is 0.416 e. The molecule has 2 fully saturated rings. The fraction of sp³-hybridized carbons (Fsp3) is 0.435. The number of benzene rings is 2. The molecule has 0 aromatic heterocycles. The van der Waals surface area contributed by atoms with E-state index in [1.807, 2.05) is 0 Å². The number of hydrogen-bond donors (Lipinski definition) is 1. The Balaban J connectivity index is 1.64. The van der Waals surface area contributed by atoms with Gasteiger partial charge in [-0.2, -0.15) is 26.3 Å². The molecular formula is C23H22F6N2O2. The Kier molecular flexibility index (Phi) is 5.42. The number of urea groups is 1. The van der Waals surface area contributed by atoms with Crippen molar-refractivity contribution >= 4 is 6.03 Å². The first-order valence-electron chi connectivity index (χ1n) is 10.3. The zero-order valence-corrected chi connectivity index (χ0v) is 17.8. The summed E-state index contributed by atoms with van der Waals surface area (Å²) in [6.07, 6.45) is -9.43. The molecule has 1 N–H and O–H groups in total. The average molecular weight is 472 g/mol. The van der Waals surface area contributed by atoms with Crippen molar-refractivity contribution in [2.75, 3.05) is 13.6 Å². The lowest BCUT2D eigenvalue weighted by atomic mass is 9.99. The number of amides is 2. The number of nitrogens with zero attached hydrogens (tertiary/aromatic N) is 2. The second-order valence-electron chi connectivity index (χ2n) is 8.77. The molecule has 1 saturated heterocycles. The quantitative estimate of drug-likeness (QED) is 0.588. The Morgan fingerprint density at radius 1 is 1.06 bits per heavy atom. The number of fused-ring (bicyclic) bond motifs is 1. The Labute approximate surface area is 186 Å². The molecule has 1 aliphatic carbocycles. The van der Waals surface area contributed by atoms with Gasteiger partial charge in [0.05, 0.1) is 28.8 Å². The monoisotopic (exact) mass is 472 g/mol. The molecule has 4 rings (SSSR count). The minimum Gasteiger partial charge on any atom is -0.387 e. The highest BCUT2D eigenvalue weighted by Crippen LogP contribution is 2.60. The van der Waals surface area contributed by atoms with Gasteiger partial charge in [0.25, 0.3) is 0 Å². The highest BCUT2D eigenvalue weighted by atomic mass is 19.4. The van der Waals surface area contributed by atoms with Crippen LogP contribution in [0, 0.1) is 5.92 Å². The highest BCUT2D eigenvalue weighted by molar-refractivity contribution is 5.76. The first-order chi connectivity index (χ1) is 15.2. The van der Waals surface area contributed by atoms with Gasteiger partial charge in [0.2, 0.25) is 0 Å². The van der Waals surface area contributed by atoms with Gasteiger partial charge in [-0.05, 0) is 42.7 Å². The van der Waals surface area contributed by atoms with E-state index in [0.717, 1.165) is 4.90 Å². The van der Waals surface area contributed by atoms with Gasteiger partial charge in [-0.3, -0.25) is 0 Å². The lowest BCUT2D eigenvalue weighted by Crippen LogP contribution is -2.45. The molecule has 0 radical (unpaired) electrons. The third-order valence-electron chi connectivity index (χ3n) is 6.66. The molecule has 2 aliphatic rings. The summed E-state index contributed by atoms with van der Waals surface area (Å²) < 4.78 is 79.5. The van der Waals surface area contributed by atoms with Crippen LogP contribution in [-0.4, -0.2) is 40.1 Å². The van der Waals surface area contributed by atoms with Gasteiger partial charge in [-0.25, -0.2) is 4.79 Å². The third-order valence-corrected chi connectivity index (χ3v) is 6.66. The molecule has 1 saturated carbocycles. The van der Waals surface area contributed by atoms with Crippen molar-refractivity contribution in [3.8, 4) is 0 Å². The molecule has 2 amide bonds. The van der Waals surface area contributed by atoms with Crippen molar-refractivity contribution in [3.05, 3.63) is 70.8 Å². The van der Waals surface area contributed by atoms with Gasteiger partial charge in [-0.15, -0.1) is 0 Å². The molecule has 2 aromatic rings. The highest BCUT2D eigenvalue weighted by Gasteiger charge is 2.67. The standard InChI is InChI=1S/C23H22F6N2O2/c1-13(15-8-16(22(24,25)26)10-17(9-15)23(27,28)29)30(2)20(32)31-12-18-11-21(18,33)19(31)14-6-4-3-5-7-14/h3-10,13,18-19,33H,11-12H2,1-2H3/t13-,18?,19-,21-/m0/s1. The van der Waals surface area contributed by atoms with E-state index in [2.05, 4.69) is 0 Å². The van der Waals surface area contributed by atoms with Crippen LogP contribution in [0.25, 0.3) is 0 Å². The summed E-state index contributed by atoms with van der Waals surface area (Å²) in [6, 6.07) is 7.90. The van der Waals surface area contributed by atoms with Crippen LogP contribution in [0.1, 0.15) is 47.7 Å². The second-order valence-corrected chi connectivity index (χ2v) is 8.77. The van der Waals surface area contributed by atoms with E-state index in [4.69, 9.17) is 0 Å². The van der Waals surface area contributed by atoms with E-state index < -0.39 is 47.2 Å². The largest absolute Gasteiger partial charge is 0.416 e. The second kappa shape index (κ2) is 7.65. The van der Waals surface area contributed by atoms with E-state index in [1.165, 1.54) is 18.9 Å². The summed E-state index contributed by atoms with van der Waals surface area (Å²) in [6.45, 7) is 1.62. The van der Waals surface area contributed by atoms with E-state index in [0.29, 0.717) is 24.1 Å². The van der Waals surface area contributed by atoms with Crippen molar-refractivity contribution in [1.29, 1.82) is 0 Å². The molecule has 0 bridgehead atoms. The van der Waals surface area contributed by atoms with Crippen LogP contribution in [-0.2, 0) is 12.4 Å². The number of piperidine rings is 1. The number of likely N-dealkylation sites (tertiary alicyclic amines) is 1. The zero-order chi connectivity index (χ0) is 24.3. The molecule has 10 heteroatoms. The van der Waals surface area contributed by atoms with Crippen LogP contribution in [0.3, 0.4) is 0 Å². The van der Waals surface area contributed by atoms with Crippen LogP contribution in [0.15, 0.2) is 48.5 Å². The van der Waals surface area contributed by atoms with Crippen molar-refractivity contribution in [1.82, 2.24) is 9.80 Å². The van der Waals surface area contributed by atoms with Gasteiger partial charge in [0, 0.05) is 19.5 Å². The molecule has 1 heterocycles. The summed E-state index contributed by atoms with van der Waals surface area (Å²) in [4.78, 5) is 15.9. The summed E-state index contributed by atoms with van der Waals surface area (Å²) >= 11 is 0. The molecule has 4 nitrogen and oxygen atoms in total. The first-order valence-corrected chi connectivity index (χ1v) is 10.3. The van der Waals surface area contributed by atoms with Crippen molar-refractivity contribution in [3.63, 3.8) is 0 Å². The van der Waals surface area contributed by atoms with Gasteiger partial charge in [0.1, 0.15) is 0 Å². The molecule has 0 spiro atoms. The number of hydrogen-bond acceptors (Lipinski definition) is 2. The van der Waals surface area contributed by atoms with Crippen molar-refractivity contribution in [2.24, 2.45) is 5.92 Å². The van der Waals surface area contributed by atoms with Crippen LogP contribution < -0.4 is 0 Å². The van der Waals surface area contributed by atoms with Crippen LogP contribution >= 0.6 is 0 Å². The number of rotatable bonds is 3. The van der Waals surface area contributed by atoms with Crippen molar-refractivity contribution < 1.29 is 36.2 Å². The Hall–Kier alpha value is -2.75. The molecule has 1 aliphatic heterocycles. The van der Waals surface area contributed by atoms with E-state index in [1.54, 1.807) is 30.3 Å². The molecule has 33 heavy (non-hydrogen) atoms. The predicted molar refractivity (Wildman–Crippen MR) is 107 cm³/mol. The minimum atomic E-state index is -4.98. The zero-order valence-electron chi connectivity index (χ0n) is 17.8. The molecular weight excluding hydrogens is 450 g/mol. The number of carbonyl (C=O) groups excluding carboxylic acids is 1. The number of alkyl halides is 6. The van der Waals surface area contributed by atoms with E-state index >= 15 is 0 Å². The molecule has 178 valence electrons. The number of aliphatic hydroxyl groups is 1. The molecule has 4 atom stereocenters. The third kappa shape index (κ3) is 4.16. The van der Waals surface area contributed by atoms with Gasteiger partial charge in [-0.1, -0.05) is 30.3 Å². The van der Waals surface area contributed by atoms with Crippen LogP contribution in [0.5, 0.6) is 0 Å². The lowest BCUT2D eigenvalue weighted by Gasteiger charge is -2.36. The van der Waals surface area contributed by atoms with Crippen LogP contribution in [0.4, 0.5) is 31.1 Å². The fourth-order valence-electron chi connectivity index (χ4n) is 4.61. The normalized spacial score (nSPS) is 25.5. The maximum atomic E-state index is 13.3. The topological polar surface area (TPSA) is 43.8 Å². The van der Waals surface area contributed by atoms with Gasteiger partial charge in [0.15, 0.2) is 0 Å². The lowest BCUT2D eigenvalue weighted by molar-refractivity contribution is -0.143. The Morgan fingerprint density at radius 3 is 2.12 bits per heavy atom. The first kappa shape index (κ1) is 23.4. The SMILES string of the molecule is C[C@@H](c1cc(C(F)(F)F)cc(C(F)(F)F)c1)N(C)C(=O)N1CC2C[C@@]2(O)[C@@H]1c1ccccc1. The summed E-state index contributed by atoms with van der Waals surface area (Å²) in [5, 5.41) is 10.9. The van der Waals surface area contributed by atoms with Gasteiger partial charge >= 0.3 is 18.4 Å². The Bertz CT molecular complexity index is 1020. The average Bonchev–Trinajstić information content (AvgIpc) is 3.31. The predicted octanol–water partition coefficient (Wildman–Crippen LogP) is 5.64. The van der Waals surface area contributed by atoms with E-state index in [-0.39, 0.29) is 24.1 Å². The minimum absolute atomic E-state index is 0.0625. The summed E-state index contributed by atoms with van der Waals surface area (Å²) in [7, 11) is 1.33. The maximum absolute atomic E-state index is 13.3. The molecule has 1 unspecified atom stereocenters. The van der Waals surface area contributed by atoms with Crippen LogP contribution in [0.2, 0.25) is 0 Å². The number of halogens is 6. The fourth-order valence-corrected chi connectivity index (χ4v) is 4.61. The van der Waals surface area contributed by atoms with Gasteiger partial charge < -0.3 is 14.9 Å². The summed E-state index contributed by atoms with van der Waals surface area (Å²) in [5.41, 5.74) is -3.52. The smallest absolute Gasteiger partial charge is 0.387 e. The van der Waals surface area contributed by atoms with Crippen molar-refractivity contribution in [2.45, 2.75) is 43.4 Å². The van der Waals surface area contributed by atoms with E-state index in [9.17, 15) is 36.2 Å². The summed E-state index contributed by atoms with van der Waals surface area (Å²) in [5.74, 6) is -0.124. The molecule has 2 aromatic carbocycles. The number of carbonyl (C=O) groups is 1. The Morgan fingerprint density at radius 2 is 1.61 bits per heavy atom.